The molecule has 0 bridgehead atoms. The van der Waals surface area contributed by atoms with Crippen LogP contribution in [0.3, 0.4) is 0 Å². The zero-order chi connectivity index (χ0) is 16.5. The number of carbonyl (C=O) groups is 1. The van der Waals surface area contributed by atoms with Crippen molar-refractivity contribution in [1.29, 1.82) is 5.26 Å². The summed E-state index contributed by atoms with van der Waals surface area (Å²) in [6.07, 6.45) is 4.19. The fourth-order valence-electron chi connectivity index (χ4n) is 2.18. The number of carbonyl (C=O) groups excluding carboxylic acids is 1. The minimum absolute atomic E-state index is 0.158. The highest BCUT2D eigenvalue weighted by molar-refractivity contribution is 5.76. The number of hydrogen-bond donors (Lipinski definition) is 1. The maximum atomic E-state index is 12.0. The van der Waals surface area contributed by atoms with Crippen LogP contribution >= 0.6 is 0 Å². The Hall–Kier alpha value is -2.87. The third-order valence-corrected chi connectivity index (χ3v) is 3.39. The maximum Gasteiger partial charge on any atom is 0.221 e. The molecule has 1 unspecified atom stereocenters. The van der Waals surface area contributed by atoms with Gasteiger partial charge < -0.3 is 10.1 Å². The monoisotopic (exact) mass is 309 g/mol. The van der Waals surface area contributed by atoms with Crippen molar-refractivity contribution in [1.82, 2.24) is 10.3 Å². The molecule has 1 heterocycles. The van der Waals surface area contributed by atoms with Gasteiger partial charge in [-0.1, -0.05) is 24.3 Å². The van der Waals surface area contributed by atoms with Gasteiger partial charge in [-0.25, -0.2) is 0 Å². The predicted octanol–water partition coefficient (Wildman–Crippen LogP) is 2.93. The first-order valence-electron chi connectivity index (χ1n) is 7.48. The highest BCUT2D eigenvalue weighted by atomic mass is 16.5. The van der Waals surface area contributed by atoms with Gasteiger partial charge in [-0.05, 0) is 36.6 Å². The highest BCUT2D eigenvalue weighted by Crippen LogP contribution is 2.16. The Morgan fingerprint density at radius 2 is 2.17 bits per heavy atom. The average Bonchev–Trinajstić information content (AvgIpc) is 2.58. The summed E-state index contributed by atoms with van der Waals surface area (Å²) in [6, 6.07) is 12.7. The largest absolute Gasteiger partial charge is 0.492 e. The van der Waals surface area contributed by atoms with E-state index >= 15 is 0 Å². The topological polar surface area (TPSA) is 75.0 Å². The molecule has 0 fully saturated rings. The number of aromatic nitrogens is 1. The summed E-state index contributed by atoms with van der Waals surface area (Å²) in [4.78, 5) is 15.9. The van der Waals surface area contributed by atoms with Crippen LogP contribution in [0.2, 0.25) is 0 Å². The van der Waals surface area contributed by atoms with Gasteiger partial charge in [-0.2, -0.15) is 5.26 Å². The SMILES string of the molecule is Cc1ccccc1C(C#N)NC(=O)CCCOc1cccnc1. The molecule has 2 rings (SSSR count). The number of nitrogens with zero attached hydrogens (tertiary/aromatic N) is 2. The van der Waals surface area contributed by atoms with Crippen molar-refractivity contribution in [3.8, 4) is 11.8 Å². The van der Waals surface area contributed by atoms with E-state index in [9.17, 15) is 10.1 Å². The molecule has 23 heavy (non-hydrogen) atoms. The van der Waals surface area contributed by atoms with E-state index in [1.165, 1.54) is 0 Å². The van der Waals surface area contributed by atoms with Crippen molar-refractivity contribution in [2.45, 2.75) is 25.8 Å². The van der Waals surface area contributed by atoms with Gasteiger partial charge in [0.2, 0.25) is 5.91 Å². The molecule has 118 valence electrons. The molecule has 1 N–H and O–H groups in total. The van der Waals surface area contributed by atoms with Crippen molar-refractivity contribution in [3.63, 3.8) is 0 Å². The fourth-order valence-corrected chi connectivity index (χ4v) is 2.18. The molecular weight excluding hydrogens is 290 g/mol. The summed E-state index contributed by atoms with van der Waals surface area (Å²) >= 11 is 0. The van der Waals surface area contributed by atoms with E-state index in [4.69, 9.17) is 4.74 Å². The molecule has 0 spiro atoms. The van der Waals surface area contributed by atoms with E-state index in [-0.39, 0.29) is 5.91 Å². The van der Waals surface area contributed by atoms with Gasteiger partial charge in [0.1, 0.15) is 11.8 Å². The first-order valence-corrected chi connectivity index (χ1v) is 7.48. The quantitative estimate of drug-likeness (QED) is 0.798. The molecule has 0 saturated carbocycles. The number of pyridine rings is 1. The summed E-state index contributed by atoms with van der Waals surface area (Å²) < 4.78 is 5.48. The van der Waals surface area contributed by atoms with Gasteiger partial charge in [0, 0.05) is 12.6 Å². The number of amides is 1. The van der Waals surface area contributed by atoms with Crippen molar-refractivity contribution in [2.24, 2.45) is 0 Å². The van der Waals surface area contributed by atoms with E-state index < -0.39 is 6.04 Å². The number of aryl methyl sites for hydroxylation is 1. The Balaban J connectivity index is 1.77. The van der Waals surface area contributed by atoms with Crippen LogP contribution in [0, 0.1) is 18.3 Å². The van der Waals surface area contributed by atoms with E-state index in [1.54, 1.807) is 18.5 Å². The van der Waals surface area contributed by atoms with Crippen molar-refractivity contribution < 1.29 is 9.53 Å². The Bertz CT molecular complexity index is 680. The summed E-state index contributed by atoms with van der Waals surface area (Å²) in [6.45, 7) is 2.36. The lowest BCUT2D eigenvalue weighted by Gasteiger charge is -2.14. The second kappa shape index (κ2) is 8.54. The molecule has 0 radical (unpaired) electrons. The first-order chi connectivity index (χ1) is 11.2. The van der Waals surface area contributed by atoms with E-state index in [0.29, 0.717) is 25.2 Å². The van der Waals surface area contributed by atoms with Gasteiger partial charge in [0.05, 0.1) is 18.9 Å². The Morgan fingerprint density at radius 1 is 1.35 bits per heavy atom. The minimum atomic E-state index is -0.622. The molecule has 5 nitrogen and oxygen atoms in total. The van der Waals surface area contributed by atoms with Crippen LogP contribution in [0.15, 0.2) is 48.8 Å². The predicted molar refractivity (Wildman–Crippen MR) is 86.6 cm³/mol. The molecule has 0 aliphatic rings. The third kappa shape index (κ3) is 5.11. The Morgan fingerprint density at radius 3 is 2.87 bits per heavy atom. The van der Waals surface area contributed by atoms with Crippen molar-refractivity contribution >= 4 is 5.91 Å². The van der Waals surface area contributed by atoms with Crippen LogP contribution in [0.25, 0.3) is 0 Å². The van der Waals surface area contributed by atoms with Crippen molar-refractivity contribution in [3.05, 3.63) is 59.9 Å². The smallest absolute Gasteiger partial charge is 0.221 e. The summed E-state index contributed by atoms with van der Waals surface area (Å²) in [7, 11) is 0. The Labute approximate surface area is 135 Å². The van der Waals surface area contributed by atoms with E-state index in [0.717, 1.165) is 11.1 Å². The third-order valence-electron chi connectivity index (χ3n) is 3.39. The summed E-state index contributed by atoms with van der Waals surface area (Å²) in [5.41, 5.74) is 1.81. The van der Waals surface area contributed by atoms with Gasteiger partial charge >= 0.3 is 0 Å². The van der Waals surface area contributed by atoms with Gasteiger partial charge in [0.25, 0.3) is 0 Å². The maximum absolute atomic E-state index is 12.0. The molecule has 1 amide bonds. The molecule has 0 aliphatic heterocycles. The number of nitrogens with one attached hydrogen (secondary N) is 1. The molecule has 5 heteroatoms. The van der Waals surface area contributed by atoms with Crippen LogP contribution < -0.4 is 10.1 Å². The average molecular weight is 309 g/mol. The van der Waals surface area contributed by atoms with Crippen LogP contribution in [-0.2, 0) is 4.79 Å². The fraction of sp³-hybridized carbons (Fsp3) is 0.278. The molecular formula is C18H19N3O2. The van der Waals surface area contributed by atoms with Crippen molar-refractivity contribution in [2.75, 3.05) is 6.61 Å². The zero-order valence-electron chi connectivity index (χ0n) is 13.0. The Kier molecular flexibility index (Phi) is 6.13. The standard InChI is InChI=1S/C18H19N3O2/c1-14-6-2-3-8-16(14)17(12-19)21-18(22)9-5-11-23-15-7-4-10-20-13-15/h2-4,6-8,10,13,17H,5,9,11H2,1H3,(H,21,22). The second-order valence-electron chi connectivity index (χ2n) is 5.13. The minimum Gasteiger partial charge on any atom is -0.492 e. The molecule has 1 aromatic carbocycles. The molecule has 0 aliphatic carbocycles. The lowest BCUT2D eigenvalue weighted by atomic mass is 10.0. The zero-order valence-corrected chi connectivity index (χ0v) is 13.0. The van der Waals surface area contributed by atoms with Crippen LogP contribution in [0.1, 0.15) is 30.0 Å². The number of benzene rings is 1. The normalized spacial score (nSPS) is 11.3. The number of rotatable bonds is 7. The van der Waals surface area contributed by atoms with Gasteiger partial charge in [0.15, 0.2) is 0 Å². The number of ether oxygens (including phenoxy) is 1. The molecule has 0 saturated heterocycles. The second-order valence-corrected chi connectivity index (χ2v) is 5.13. The summed E-state index contributed by atoms with van der Waals surface area (Å²) in [5.74, 6) is 0.525. The summed E-state index contributed by atoms with van der Waals surface area (Å²) in [5, 5.41) is 12.0. The van der Waals surface area contributed by atoms with Gasteiger partial charge in [-0.3, -0.25) is 9.78 Å². The molecule has 1 aromatic heterocycles. The highest BCUT2D eigenvalue weighted by Gasteiger charge is 2.15. The lowest BCUT2D eigenvalue weighted by Crippen LogP contribution is -2.28. The lowest BCUT2D eigenvalue weighted by molar-refractivity contribution is -0.121. The molecule has 2 aromatic rings. The van der Waals surface area contributed by atoms with E-state index in [1.807, 2.05) is 37.3 Å². The number of hydrogen-bond acceptors (Lipinski definition) is 4. The van der Waals surface area contributed by atoms with Crippen LogP contribution in [0.4, 0.5) is 0 Å². The van der Waals surface area contributed by atoms with E-state index in [2.05, 4.69) is 16.4 Å². The number of nitriles is 1. The first kappa shape index (κ1) is 16.5. The molecule has 1 atom stereocenters. The van der Waals surface area contributed by atoms with Crippen LogP contribution in [-0.4, -0.2) is 17.5 Å². The van der Waals surface area contributed by atoms with Crippen LogP contribution in [0.5, 0.6) is 5.75 Å². The van der Waals surface area contributed by atoms with Gasteiger partial charge in [-0.15, -0.1) is 0 Å².